The molecule has 0 aliphatic heterocycles. The van der Waals surface area contributed by atoms with Gasteiger partial charge in [-0.2, -0.15) is 0 Å². The summed E-state index contributed by atoms with van der Waals surface area (Å²) in [5.41, 5.74) is -0.510. The summed E-state index contributed by atoms with van der Waals surface area (Å²) in [7, 11) is -1.83. The molecule has 0 saturated heterocycles. The number of hydrogen-bond acceptors (Lipinski definition) is 2. The van der Waals surface area contributed by atoms with Crippen LogP contribution in [0, 0.1) is 0 Å². The molecule has 2 N–H and O–H groups in total. The number of unbranched alkanes of at least 4 members (excludes halogenated alkanes) is 3. The third-order valence-electron chi connectivity index (χ3n) is 4.39. The van der Waals surface area contributed by atoms with Crippen molar-refractivity contribution in [2.45, 2.75) is 89.8 Å². The van der Waals surface area contributed by atoms with Crippen LogP contribution in [-0.4, -0.2) is 30.1 Å². The summed E-state index contributed by atoms with van der Waals surface area (Å²) in [6.45, 7) is 13.0. The minimum Gasteiger partial charge on any atom is -0.394 e. The molecule has 0 aliphatic rings. The third-order valence-corrected chi connectivity index (χ3v) is 10.1. The Hall–Kier alpha value is 0.137. The molecule has 2 nitrogen and oxygen atoms in total. The Morgan fingerprint density at radius 1 is 1.00 bits per heavy atom. The van der Waals surface area contributed by atoms with E-state index in [1.807, 2.05) is 0 Å². The highest BCUT2D eigenvalue weighted by atomic mass is 28.3. The number of rotatable bonds is 7. The molecule has 0 aliphatic carbocycles. The van der Waals surface area contributed by atoms with E-state index in [2.05, 4.69) is 40.8 Å². The molecule has 104 valence electrons. The third kappa shape index (κ3) is 5.10. The van der Waals surface area contributed by atoms with Crippen molar-refractivity contribution < 1.29 is 10.2 Å². The molecule has 0 aromatic carbocycles. The highest BCUT2D eigenvalue weighted by Gasteiger charge is 2.44. The van der Waals surface area contributed by atoms with Gasteiger partial charge in [0, 0.05) is 0 Å². The van der Waals surface area contributed by atoms with E-state index in [-0.39, 0.29) is 5.04 Å². The predicted octanol–water partition coefficient (Wildman–Crippen LogP) is 3.73. The maximum atomic E-state index is 10.3. The summed E-state index contributed by atoms with van der Waals surface area (Å²) < 4.78 is 0. The van der Waals surface area contributed by atoms with Crippen LogP contribution in [0.15, 0.2) is 0 Å². The predicted molar refractivity (Wildman–Crippen MR) is 78.0 cm³/mol. The molecule has 3 heteroatoms. The fourth-order valence-corrected chi connectivity index (χ4v) is 3.88. The number of hydrogen-bond donors (Lipinski definition) is 2. The lowest BCUT2D eigenvalue weighted by atomic mass is 10.1. The maximum Gasteiger partial charge on any atom is 0.0898 e. The van der Waals surface area contributed by atoms with Gasteiger partial charge < -0.3 is 10.2 Å². The van der Waals surface area contributed by atoms with E-state index in [1.165, 1.54) is 12.8 Å². The molecule has 0 heterocycles. The van der Waals surface area contributed by atoms with Crippen LogP contribution < -0.4 is 0 Å². The SMILES string of the molecule is CCCCCC[C@H](O)[C@H](O)[Si](C)(C)C(C)(C)C. The minimum absolute atomic E-state index is 0.122. The van der Waals surface area contributed by atoms with Crippen LogP contribution in [0.3, 0.4) is 0 Å². The Labute approximate surface area is 108 Å². The molecule has 0 unspecified atom stereocenters. The highest BCUT2D eigenvalue weighted by Crippen LogP contribution is 2.39. The second kappa shape index (κ2) is 6.91. The highest BCUT2D eigenvalue weighted by molar-refractivity contribution is 6.81. The second-order valence-corrected chi connectivity index (χ2v) is 12.4. The first-order chi connectivity index (χ1) is 7.64. The van der Waals surface area contributed by atoms with Crippen LogP contribution in [0.1, 0.15) is 59.8 Å². The lowest BCUT2D eigenvalue weighted by molar-refractivity contribution is 0.0516. The van der Waals surface area contributed by atoms with Crippen LogP contribution in [0.4, 0.5) is 0 Å². The van der Waals surface area contributed by atoms with Gasteiger partial charge in [-0.15, -0.1) is 0 Å². The fourth-order valence-electron chi connectivity index (χ4n) is 1.86. The Kier molecular flexibility index (Phi) is 6.96. The van der Waals surface area contributed by atoms with Crippen molar-refractivity contribution in [1.82, 2.24) is 0 Å². The van der Waals surface area contributed by atoms with E-state index >= 15 is 0 Å². The monoisotopic (exact) mass is 260 g/mol. The molecule has 0 spiro atoms. The van der Waals surface area contributed by atoms with E-state index in [1.54, 1.807) is 0 Å². The van der Waals surface area contributed by atoms with Gasteiger partial charge in [0.2, 0.25) is 0 Å². The van der Waals surface area contributed by atoms with Crippen LogP contribution in [-0.2, 0) is 0 Å². The molecule has 0 fully saturated rings. The zero-order valence-corrected chi connectivity index (χ0v) is 13.6. The van der Waals surface area contributed by atoms with Crippen LogP contribution in [0.25, 0.3) is 0 Å². The van der Waals surface area contributed by atoms with Crippen LogP contribution in [0.2, 0.25) is 18.1 Å². The van der Waals surface area contributed by atoms with Gasteiger partial charge in [0.05, 0.1) is 19.9 Å². The molecule has 0 radical (unpaired) electrons. The van der Waals surface area contributed by atoms with Gasteiger partial charge in [-0.25, -0.2) is 0 Å². The summed E-state index contributed by atoms with van der Waals surface area (Å²) in [5, 5.41) is 20.6. The first-order valence-electron chi connectivity index (χ1n) is 7.00. The molecule has 17 heavy (non-hydrogen) atoms. The Bertz CT molecular complexity index is 209. The summed E-state index contributed by atoms with van der Waals surface area (Å²) >= 11 is 0. The van der Waals surface area contributed by atoms with Crippen molar-refractivity contribution in [1.29, 1.82) is 0 Å². The molecule has 0 aromatic rings. The number of aliphatic hydroxyl groups is 2. The van der Waals surface area contributed by atoms with Crippen LogP contribution in [0.5, 0.6) is 0 Å². The average Bonchev–Trinajstić information content (AvgIpc) is 2.21. The number of aliphatic hydroxyl groups excluding tert-OH is 2. The first kappa shape index (κ1) is 17.1. The molecule has 2 atom stereocenters. The molecular weight excluding hydrogens is 228 g/mol. The Balaban J connectivity index is 4.25. The summed E-state index contributed by atoms with van der Waals surface area (Å²) in [6.07, 6.45) is 4.84. The molecule has 0 aromatic heterocycles. The fraction of sp³-hybridized carbons (Fsp3) is 1.00. The second-order valence-electron chi connectivity index (χ2n) is 6.83. The lowest BCUT2D eigenvalue weighted by Gasteiger charge is -2.42. The van der Waals surface area contributed by atoms with Gasteiger partial charge in [0.1, 0.15) is 0 Å². The van der Waals surface area contributed by atoms with E-state index in [0.717, 1.165) is 19.3 Å². The van der Waals surface area contributed by atoms with Gasteiger partial charge in [0.15, 0.2) is 0 Å². The molecule has 0 amide bonds. The topological polar surface area (TPSA) is 40.5 Å². The largest absolute Gasteiger partial charge is 0.394 e. The van der Waals surface area contributed by atoms with E-state index in [9.17, 15) is 10.2 Å². The van der Waals surface area contributed by atoms with Crippen LogP contribution >= 0.6 is 0 Å². The lowest BCUT2D eigenvalue weighted by Crippen LogP contribution is -2.54. The molecule has 0 bridgehead atoms. The zero-order valence-electron chi connectivity index (χ0n) is 12.6. The first-order valence-corrected chi connectivity index (χ1v) is 10.1. The molecule has 0 saturated carbocycles. The average molecular weight is 260 g/mol. The standard InChI is InChI=1S/C14H32O2Si/c1-7-8-9-10-11-12(15)13(16)17(5,6)14(2,3)4/h12-13,15-16H,7-11H2,1-6H3/t12-,13+/m0/s1. The minimum atomic E-state index is -1.83. The summed E-state index contributed by atoms with van der Waals surface area (Å²) in [4.78, 5) is 0. The van der Waals surface area contributed by atoms with Crippen molar-refractivity contribution in [3.8, 4) is 0 Å². The Morgan fingerprint density at radius 3 is 1.94 bits per heavy atom. The van der Waals surface area contributed by atoms with Gasteiger partial charge in [-0.3, -0.25) is 0 Å². The smallest absolute Gasteiger partial charge is 0.0898 e. The van der Waals surface area contributed by atoms with Crippen molar-refractivity contribution >= 4 is 8.07 Å². The van der Waals surface area contributed by atoms with E-state index < -0.39 is 19.9 Å². The van der Waals surface area contributed by atoms with E-state index in [0.29, 0.717) is 0 Å². The van der Waals surface area contributed by atoms with Gasteiger partial charge in [0.25, 0.3) is 0 Å². The van der Waals surface area contributed by atoms with Gasteiger partial charge >= 0.3 is 0 Å². The van der Waals surface area contributed by atoms with Gasteiger partial charge in [-0.1, -0.05) is 66.5 Å². The quantitative estimate of drug-likeness (QED) is 0.541. The van der Waals surface area contributed by atoms with Crippen molar-refractivity contribution in [3.63, 3.8) is 0 Å². The maximum absolute atomic E-state index is 10.3. The molecular formula is C14H32O2Si. The van der Waals surface area contributed by atoms with Crippen molar-refractivity contribution in [2.75, 3.05) is 0 Å². The molecule has 0 rings (SSSR count). The van der Waals surface area contributed by atoms with Gasteiger partial charge in [-0.05, 0) is 11.5 Å². The van der Waals surface area contributed by atoms with Crippen molar-refractivity contribution in [3.05, 3.63) is 0 Å². The Morgan fingerprint density at radius 2 is 1.53 bits per heavy atom. The van der Waals surface area contributed by atoms with E-state index in [4.69, 9.17) is 0 Å². The summed E-state index contributed by atoms with van der Waals surface area (Å²) in [6, 6.07) is 0. The zero-order chi connectivity index (χ0) is 13.7. The normalized spacial score (nSPS) is 16.9. The summed E-state index contributed by atoms with van der Waals surface area (Å²) in [5.74, 6) is 0. The van der Waals surface area contributed by atoms with Crippen molar-refractivity contribution in [2.24, 2.45) is 0 Å².